The number of benzene rings is 1. The molecule has 1 N–H and O–H groups in total. The molecule has 0 aromatic heterocycles. The molecule has 4 rings (SSSR count). The van der Waals surface area contributed by atoms with Crippen molar-refractivity contribution in [2.75, 3.05) is 19.6 Å². The maximum absolute atomic E-state index is 3.48. The smallest absolute Gasteiger partial charge is 0.0236 e. The third-order valence-electron chi connectivity index (χ3n) is 5.43. The van der Waals surface area contributed by atoms with Gasteiger partial charge in [0.05, 0.1) is 0 Å². The lowest BCUT2D eigenvalue weighted by molar-refractivity contribution is 0.302. The van der Waals surface area contributed by atoms with Crippen LogP contribution in [0.5, 0.6) is 0 Å². The minimum atomic E-state index is 1.02. The molecule has 2 fully saturated rings. The molecule has 1 saturated carbocycles. The van der Waals surface area contributed by atoms with Crippen LogP contribution in [-0.2, 0) is 19.5 Å². The molecule has 2 nitrogen and oxygen atoms in total. The average molecular weight is 256 g/mol. The summed E-state index contributed by atoms with van der Waals surface area (Å²) in [6, 6.07) is 6.90. The molecule has 19 heavy (non-hydrogen) atoms. The first-order chi connectivity index (χ1) is 9.40. The van der Waals surface area contributed by atoms with Gasteiger partial charge in [-0.2, -0.15) is 0 Å². The Bertz CT molecular complexity index is 456. The fourth-order valence-corrected chi connectivity index (χ4v) is 4.46. The number of nitrogens with zero attached hydrogens (tertiary/aromatic N) is 1. The second-order valence-corrected chi connectivity index (χ2v) is 6.63. The molecule has 2 aliphatic heterocycles. The molecule has 2 heteroatoms. The van der Waals surface area contributed by atoms with Gasteiger partial charge in [-0.25, -0.2) is 0 Å². The van der Waals surface area contributed by atoms with Gasteiger partial charge in [-0.3, -0.25) is 4.90 Å². The molecule has 0 bridgehead atoms. The molecule has 0 radical (unpaired) electrons. The largest absolute Gasteiger partial charge is 0.312 e. The molecule has 1 saturated heterocycles. The van der Waals surface area contributed by atoms with Gasteiger partial charge in [0.1, 0.15) is 0 Å². The molecule has 2 unspecified atom stereocenters. The summed E-state index contributed by atoms with van der Waals surface area (Å²) in [5, 5.41) is 3.48. The van der Waals surface area contributed by atoms with Crippen molar-refractivity contribution in [3.8, 4) is 0 Å². The van der Waals surface area contributed by atoms with Crippen LogP contribution in [-0.4, -0.2) is 24.5 Å². The van der Waals surface area contributed by atoms with Crippen LogP contribution >= 0.6 is 0 Å². The molecule has 0 amide bonds. The van der Waals surface area contributed by atoms with Crippen molar-refractivity contribution < 1.29 is 0 Å². The molecule has 3 aliphatic rings. The Morgan fingerprint density at radius 3 is 2.84 bits per heavy atom. The van der Waals surface area contributed by atoms with Crippen LogP contribution in [0.1, 0.15) is 36.0 Å². The van der Waals surface area contributed by atoms with Gasteiger partial charge in [-0.15, -0.1) is 0 Å². The van der Waals surface area contributed by atoms with E-state index in [0.717, 1.165) is 24.9 Å². The van der Waals surface area contributed by atoms with Crippen molar-refractivity contribution in [3.05, 3.63) is 34.9 Å². The molecule has 1 aromatic rings. The standard InChI is InChI=1S/C17H24N2/c1-3-13-9-18-8-7-17(13)16(6-1)12-19-10-14-4-2-5-15(14)11-19/h1,3,6,14-15,18H,2,4-5,7-12H2. The zero-order valence-electron chi connectivity index (χ0n) is 11.7. The fourth-order valence-electron chi connectivity index (χ4n) is 4.46. The highest BCUT2D eigenvalue weighted by Gasteiger charge is 2.35. The predicted octanol–water partition coefficient (Wildman–Crippen LogP) is 2.56. The minimum absolute atomic E-state index is 1.02. The molecule has 1 aliphatic carbocycles. The monoisotopic (exact) mass is 256 g/mol. The van der Waals surface area contributed by atoms with E-state index in [2.05, 4.69) is 28.4 Å². The maximum atomic E-state index is 3.48. The van der Waals surface area contributed by atoms with Crippen LogP contribution < -0.4 is 5.32 Å². The summed E-state index contributed by atoms with van der Waals surface area (Å²) in [5.74, 6) is 2.03. The van der Waals surface area contributed by atoms with Gasteiger partial charge in [-0.05, 0) is 54.3 Å². The van der Waals surface area contributed by atoms with Gasteiger partial charge in [0.2, 0.25) is 0 Å². The Balaban J connectivity index is 1.51. The Kier molecular flexibility index (Phi) is 3.08. The van der Waals surface area contributed by atoms with Crippen LogP contribution in [0.3, 0.4) is 0 Å². The molecule has 102 valence electrons. The Morgan fingerprint density at radius 2 is 2.00 bits per heavy atom. The van der Waals surface area contributed by atoms with Crippen LogP contribution in [0.15, 0.2) is 18.2 Å². The highest BCUT2D eigenvalue weighted by atomic mass is 15.2. The van der Waals surface area contributed by atoms with Gasteiger partial charge in [0.25, 0.3) is 0 Å². The second kappa shape index (κ2) is 4.92. The van der Waals surface area contributed by atoms with Gasteiger partial charge in [-0.1, -0.05) is 24.6 Å². The van der Waals surface area contributed by atoms with E-state index in [1.165, 1.54) is 50.9 Å². The first kappa shape index (κ1) is 11.9. The van der Waals surface area contributed by atoms with Gasteiger partial charge >= 0.3 is 0 Å². The van der Waals surface area contributed by atoms with E-state index in [1.807, 2.05) is 0 Å². The number of nitrogens with one attached hydrogen (secondary N) is 1. The highest BCUT2D eigenvalue weighted by molar-refractivity contribution is 5.37. The molecule has 2 heterocycles. The first-order valence-electron chi connectivity index (χ1n) is 7.93. The zero-order chi connectivity index (χ0) is 12.7. The van der Waals surface area contributed by atoms with E-state index in [4.69, 9.17) is 0 Å². The Morgan fingerprint density at radius 1 is 1.16 bits per heavy atom. The maximum Gasteiger partial charge on any atom is 0.0236 e. The van der Waals surface area contributed by atoms with Crippen molar-refractivity contribution in [2.24, 2.45) is 11.8 Å². The number of hydrogen-bond acceptors (Lipinski definition) is 2. The van der Waals surface area contributed by atoms with E-state index in [0.29, 0.717) is 0 Å². The van der Waals surface area contributed by atoms with Crippen LogP contribution in [0.25, 0.3) is 0 Å². The molecule has 1 aromatic carbocycles. The van der Waals surface area contributed by atoms with E-state index < -0.39 is 0 Å². The first-order valence-corrected chi connectivity index (χ1v) is 7.93. The number of rotatable bonds is 2. The number of fused-ring (bicyclic) bond motifs is 2. The topological polar surface area (TPSA) is 15.3 Å². The van der Waals surface area contributed by atoms with Gasteiger partial charge < -0.3 is 5.32 Å². The normalized spacial score (nSPS) is 30.3. The summed E-state index contributed by atoms with van der Waals surface area (Å²) in [4.78, 5) is 2.71. The van der Waals surface area contributed by atoms with Crippen LogP contribution in [0.2, 0.25) is 0 Å². The van der Waals surface area contributed by atoms with Gasteiger partial charge in [0.15, 0.2) is 0 Å². The lowest BCUT2D eigenvalue weighted by Gasteiger charge is -2.24. The predicted molar refractivity (Wildman–Crippen MR) is 78.0 cm³/mol. The highest BCUT2D eigenvalue weighted by Crippen LogP contribution is 2.38. The number of hydrogen-bond donors (Lipinski definition) is 1. The van der Waals surface area contributed by atoms with E-state index >= 15 is 0 Å². The van der Waals surface area contributed by atoms with Gasteiger partial charge in [0, 0.05) is 26.2 Å². The second-order valence-electron chi connectivity index (χ2n) is 6.63. The van der Waals surface area contributed by atoms with Crippen molar-refractivity contribution >= 4 is 0 Å². The van der Waals surface area contributed by atoms with Crippen LogP contribution in [0.4, 0.5) is 0 Å². The zero-order valence-corrected chi connectivity index (χ0v) is 11.7. The fraction of sp³-hybridized carbons (Fsp3) is 0.647. The van der Waals surface area contributed by atoms with Crippen LogP contribution in [0, 0.1) is 11.8 Å². The summed E-state index contributed by atoms with van der Waals surface area (Å²) < 4.78 is 0. The third-order valence-corrected chi connectivity index (χ3v) is 5.43. The third kappa shape index (κ3) is 2.21. The number of likely N-dealkylation sites (tertiary alicyclic amines) is 1. The lowest BCUT2D eigenvalue weighted by Crippen LogP contribution is -2.27. The summed E-state index contributed by atoms with van der Waals surface area (Å²) in [6.45, 7) is 6.11. The summed E-state index contributed by atoms with van der Waals surface area (Å²) in [7, 11) is 0. The minimum Gasteiger partial charge on any atom is -0.312 e. The molecule has 2 atom stereocenters. The van der Waals surface area contributed by atoms with Crippen molar-refractivity contribution in [3.63, 3.8) is 0 Å². The van der Waals surface area contributed by atoms with E-state index in [-0.39, 0.29) is 0 Å². The Hall–Kier alpha value is -0.860. The summed E-state index contributed by atoms with van der Waals surface area (Å²) in [6.07, 6.45) is 5.66. The summed E-state index contributed by atoms with van der Waals surface area (Å²) in [5.41, 5.74) is 4.76. The lowest BCUT2D eigenvalue weighted by atomic mass is 9.95. The molecular weight excluding hydrogens is 232 g/mol. The van der Waals surface area contributed by atoms with Crippen molar-refractivity contribution in [1.29, 1.82) is 0 Å². The van der Waals surface area contributed by atoms with E-state index in [9.17, 15) is 0 Å². The Labute approximate surface area is 116 Å². The summed E-state index contributed by atoms with van der Waals surface area (Å²) >= 11 is 0. The quantitative estimate of drug-likeness (QED) is 0.875. The SMILES string of the molecule is c1cc2c(c(CN3CC4CCCC4C3)c1)CCNC2. The molecule has 0 spiro atoms. The average Bonchev–Trinajstić information content (AvgIpc) is 3.00. The van der Waals surface area contributed by atoms with E-state index in [1.54, 1.807) is 11.1 Å². The van der Waals surface area contributed by atoms with Crippen molar-refractivity contribution in [2.45, 2.75) is 38.8 Å². The molecular formula is C17H24N2. The van der Waals surface area contributed by atoms with Crippen molar-refractivity contribution in [1.82, 2.24) is 10.2 Å².